The number of ether oxygens (including phenoxy) is 2. The molecular weight excluding hydrogens is 389 g/mol. The van der Waals surface area contributed by atoms with Crippen LogP contribution in [0.25, 0.3) is 10.9 Å². The van der Waals surface area contributed by atoms with Crippen molar-refractivity contribution >= 4 is 16.8 Å². The van der Waals surface area contributed by atoms with Gasteiger partial charge in [-0.25, -0.2) is 9.37 Å². The summed E-state index contributed by atoms with van der Waals surface area (Å²) in [6.45, 7) is 4.81. The molecule has 0 radical (unpaired) electrons. The van der Waals surface area contributed by atoms with Crippen LogP contribution in [0.3, 0.4) is 0 Å². The summed E-state index contributed by atoms with van der Waals surface area (Å²) in [7, 11) is 0. The first-order chi connectivity index (χ1) is 14.4. The smallest absolute Gasteiger partial charge is 0.261 e. The van der Waals surface area contributed by atoms with Gasteiger partial charge in [0.25, 0.3) is 5.56 Å². The quantitative estimate of drug-likeness (QED) is 0.698. The number of carbonyl (C=O) groups is 1. The zero-order valence-electron chi connectivity index (χ0n) is 16.7. The Hall–Kier alpha value is -3.42. The first-order valence-corrected chi connectivity index (χ1v) is 9.76. The van der Waals surface area contributed by atoms with Crippen LogP contribution < -0.4 is 20.3 Å². The Morgan fingerprint density at radius 3 is 2.70 bits per heavy atom. The second kappa shape index (κ2) is 8.14. The summed E-state index contributed by atoms with van der Waals surface area (Å²) in [6.07, 6.45) is 1.26. The maximum absolute atomic E-state index is 13.3. The molecule has 1 aromatic heterocycles. The molecule has 0 aliphatic carbocycles. The number of amides is 1. The highest BCUT2D eigenvalue weighted by molar-refractivity contribution is 5.79. The molecule has 7 nitrogen and oxygen atoms in total. The third kappa shape index (κ3) is 3.98. The largest absolute Gasteiger partial charge is 0.486 e. The van der Waals surface area contributed by atoms with E-state index < -0.39 is 11.4 Å². The van der Waals surface area contributed by atoms with Crippen molar-refractivity contribution in [1.29, 1.82) is 0 Å². The normalized spacial score (nSPS) is 14.0. The van der Waals surface area contributed by atoms with Gasteiger partial charge in [-0.1, -0.05) is 19.9 Å². The van der Waals surface area contributed by atoms with Gasteiger partial charge in [-0.3, -0.25) is 14.2 Å². The summed E-state index contributed by atoms with van der Waals surface area (Å²) < 4.78 is 25.7. The van der Waals surface area contributed by atoms with E-state index in [-0.39, 0.29) is 35.3 Å². The van der Waals surface area contributed by atoms with E-state index in [0.29, 0.717) is 24.7 Å². The fourth-order valence-electron chi connectivity index (χ4n) is 3.51. The van der Waals surface area contributed by atoms with E-state index in [0.717, 1.165) is 5.56 Å². The number of rotatable bonds is 5. The van der Waals surface area contributed by atoms with Crippen LogP contribution in [0.2, 0.25) is 0 Å². The van der Waals surface area contributed by atoms with E-state index in [1.165, 1.54) is 29.1 Å². The van der Waals surface area contributed by atoms with Gasteiger partial charge in [0, 0.05) is 6.07 Å². The van der Waals surface area contributed by atoms with Gasteiger partial charge in [0.2, 0.25) is 5.91 Å². The maximum atomic E-state index is 13.3. The van der Waals surface area contributed by atoms with E-state index >= 15 is 0 Å². The van der Waals surface area contributed by atoms with Crippen molar-refractivity contribution in [2.45, 2.75) is 26.4 Å². The van der Waals surface area contributed by atoms with Crippen molar-refractivity contribution < 1.29 is 18.7 Å². The zero-order chi connectivity index (χ0) is 21.3. The predicted octanol–water partition coefficient (Wildman–Crippen LogP) is 2.82. The first-order valence-electron chi connectivity index (χ1n) is 9.76. The lowest BCUT2D eigenvalue weighted by molar-refractivity contribution is -0.122. The molecule has 8 heteroatoms. The molecule has 0 saturated heterocycles. The van der Waals surface area contributed by atoms with Crippen LogP contribution in [0, 0.1) is 11.7 Å². The lowest BCUT2D eigenvalue weighted by atomic mass is 9.95. The Labute approximate surface area is 172 Å². The van der Waals surface area contributed by atoms with Gasteiger partial charge in [0.05, 0.1) is 23.3 Å². The molecule has 0 spiro atoms. The summed E-state index contributed by atoms with van der Waals surface area (Å²) in [5.74, 6) is 0.647. The van der Waals surface area contributed by atoms with Crippen molar-refractivity contribution in [1.82, 2.24) is 14.9 Å². The van der Waals surface area contributed by atoms with E-state index in [2.05, 4.69) is 10.3 Å². The zero-order valence-corrected chi connectivity index (χ0v) is 16.7. The van der Waals surface area contributed by atoms with Gasteiger partial charge < -0.3 is 14.8 Å². The molecule has 0 unspecified atom stereocenters. The van der Waals surface area contributed by atoms with Gasteiger partial charge in [-0.05, 0) is 35.7 Å². The topological polar surface area (TPSA) is 82.5 Å². The average molecular weight is 411 g/mol. The van der Waals surface area contributed by atoms with Gasteiger partial charge in [-0.15, -0.1) is 0 Å². The van der Waals surface area contributed by atoms with E-state index in [1.807, 2.05) is 32.0 Å². The summed E-state index contributed by atoms with van der Waals surface area (Å²) in [5.41, 5.74) is 0.755. The second-order valence-electron chi connectivity index (χ2n) is 7.53. The van der Waals surface area contributed by atoms with Crippen LogP contribution in [0.4, 0.5) is 4.39 Å². The summed E-state index contributed by atoms with van der Waals surface area (Å²) in [4.78, 5) is 29.4. The molecule has 0 bridgehead atoms. The van der Waals surface area contributed by atoms with Crippen LogP contribution in [0.15, 0.2) is 47.5 Å². The predicted molar refractivity (Wildman–Crippen MR) is 109 cm³/mol. The number of halogens is 1. The molecule has 1 aliphatic heterocycles. The van der Waals surface area contributed by atoms with Crippen molar-refractivity contribution in [2.75, 3.05) is 13.2 Å². The number of fused-ring (bicyclic) bond motifs is 2. The Morgan fingerprint density at radius 2 is 1.93 bits per heavy atom. The van der Waals surface area contributed by atoms with Gasteiger partial charge in [0.15, 0.2) is 11.5 Å². The van der Waals surface area contributed by atoms with Crippen LogP contribution >= 0.6 is 0 Å². The van der Waals surface area contributed by atoms with Crippen LogP contribution in [-0.2, 0) is 11.3 Å². The van der Waals surface area contributed by atoms with E-state index in [1.54, 1.807) is 0 Å². The highest BCUT2D eigenvalue weighted by Crippen LogP contribution is 2.34. The molecule has 156 valence electrons. The standard InChI is InChI=1S/C22H22FN3O4/c1-13(2)21(14-3-6-18-19(9-14)30-8-7-29-18)25-20(27)11-26-12-24-17-10-15(23)4-5-16(17)22(26)28/h3-6,9-10,12-13,21H,7-8,11H2,1-2H3,(H,25,27)/t21-/m1/s1. The molecule has 0 fully saturated rings. The summed E-state index contributed by atoms with van der Waals surface area (Å²) in [5, 5.41) is 3.25. The van der Waals surface area contributed by atoms with E-state index in [9.17, 15) is 14.0 Å². The Morgan fingerprint density at radius 1 is 1.17 bits per heavy atom. The average Bonchev–Trinajstić information content (AvgIpc) is 2.73. The second-order valence-corrected chi connectivity index (χ2v) is 7.53. The molecule has 1 atom stereocenters. The minimum atomic E-state index is -0.468. The lowest BCUT2D eigenvalue weighted by Crippen LogP contribution is -2.36. The molecule has 4 rings (SSSR count). The first kappa shape index (κ1) is 19.9. The van der Waals surface area contributed by atoms with Crippen molar-refractivity contribution in [2.24, 2.45) is 5.92 Å². The highest BCUT2D eigenvalue weighted by atomic mass is 19.1. The highest BCUT2D eigenvalue weighted by Gasteiger charge is 2.22. The van der Waals surface area contributed by atoms with Crippen LogP contribution in [0.5, 0.6) is 11.5 Å². The molecular formula is C22H22FN3O4. The molecule has 1 aliphatic rings. The Kier molecular flexibility index (Phi) is 5.39. The fourth-order valence-corrected chi connectivity index (χ4v) is 3.51. The number of hydrogen-bond donors (Lipinski definition) is 1. The summed E-state index contributed by atoms with van der Waals surface area (Å²) in [6, 6.07) is 9.10. The minimum Gasteiger partial charge on any atom is -0.486 e. The summed E-state index contributed by atoms with van der Waals surface area (Å²) >= 11 is 0. The van der Waals surface area contributed by atoms with E-state index in [4.69, 9.17) is 9.47 Å². The van der Waals surface area contributed by atoms with Crippen molar-refractivity contribution in [3.05, 3.63) is 64.5 Å². The minimum absolute atomic E-state index is 0.103. The molecule has 0 saturated carbocycles. The van der Waals surface area contributed by atoms with Gasteiger partial charge in [0.1, 0.15) is 25.6 Å². The number of benzene rings is 2. The van der Waals surface area contributed by atoms with Crippen molar-refractivity contribution in [3.63, 3.8) is 0 Å². The molecule has 30 heavy (non-hydrogen) atoms. The third-order valence-electron chi connectivity index (χ3n) is 5.01. The fraction of sp³-hybridized carbons (Fsp3) is 0.318. The SMILES string of the molecule is CC(C)[C@@H](NC(=O)Cn1cnc2cc(F)ccc2c1=O)c1ccc2c(c1)OCCO2. The molecule has 2 aromatic carbocycles. The van der Waals surface area contributed by atoms with Gasteiger partial charge in [-0.2, -0.15) is 0 Å². The molecule has 1 N–H and O–H groups in total. The molecule has 1 amide bonds. The molecule has 3 aromatic rings. The van der Waals surface area contributed by atoms with Crippen LogP contribution in [-0.4, -0.2) is 28.7 Å². The number of nitrogens with zero attached hydrogens (tertiary/aromatic N) is 2. The molecule has 2 heterocycles. The number of carbonyl (C=O) groups excluding carboxylic acids is 1. The Bertz CT molecular complexity index is 1160. The lowest BCUT2D eigenvalue weighted by Gasteiger charge is -2.25. The van der Waals surface area contributed by atoms with Crippen LogP contribution in [0.1, 0.15) is 25.5 Å². The van der Waals surface area contributed by atoms with Crippen molar-refractivity contribution in [3.8, 4) is 11.5 Å². The number of aromatic nitrogens is 2. The third-order valence-corrected chi connectivity index (χ3v) is 5.01. The number of hydrogen-bond acceptors (Lipinski definition) is 5. The monoisotopic (exact) mass is 411 g/mol. The number of nitrogens with one attached hydrogen (secondary N) is 1. The maximum Gasteiger partial charge on any atom is 0.261 e. The van der Waals surface area contributed by atoms with Gasteiger partial charge >= 0.3 is 0 Å². The Balaban J connectivity index is 1.54.